The second kappa shape index (κ2) is 3.71. The van der Waals surface area contributed by atoms with Gasteiger partial charge in [-0.1, -0.05) is 32.9 Å². The Kier molecular flexibility index (Phi) is 3.59. The second-order valence-electron chi connectivity index (χ2n) is 2.70. The second-order valence-corrected chi connectivity index (χ2v) is 2.70. The van der Waals surface area contributed by atoms with Gasteiger partial charge in [0.1, 0.15) is 0 Å². The van der Waals surface area contributed by atoms with Crippen molar-refractivity contribution in [2.75, 3.05) is 0 Å². The summed E-state index contributed by atoms with van der Waals surface area (Å²) in [5.74, 6) is 0.780. The molecule has 0 saturated heterocycles. The number of hydrogen-bond acceptors (Lipinski definition) is 0. The summed E-state index contributed by atoms with van der Waals surface area (Å²) in [5.41, 5.74) is 1.38. The zero-order valence-electron chi connectivity index (χ0n) is 6.20. The van der Waals surface area contributed by atoms with E-state index in [2.05, 4.69) is 27.4 Å². The number of rotatable bonds is 3. The molecule has 0 aliphatic rings. The Hall–Kier alpha value is -0.260. The van der Waals surface area contributed by atoms with Crippen molar-refractivity contribution in [3.63, 3.8) is 0 Å². The summed E-state index contributed by atoms with van der Waals surface area (Å²) in [6, 6.07) is 0. The molecule has 0 aromatic rings. The van der Waals surface area contributed by atoms with Gasteiger partial charge in [-0.2, -0.15) is 0 Å². The van der Waals surface area contributed by atoms with Crippen molar-refractivity contribution in [2.45, 2.75) is 33.6 Å². The summed E-state index contributed by atoms with van der Waals surface area (Å²) in [5, 5.41) is 0. The van der Waals surface area contributed by atoms with Crippen molar-refractivity contribution in [3.8, 4) is 0 Å². The molecule has 0 aromatic heterocycles. The molecule has 0 spiro atoms. The van der Waals surface area contributed by atoms with Gasteiger partial charge in [0.15, 0.2) is 0 Å². The lowest BCUT2D eigenvalue weighted by atomic mass is 10.0. The monoisotopic (exact) mass is 112 g/mol. The zero-order chi connectivity index (χ0) is 6.57. The number of allylic oxidation sites excluding steroid dienone is 1. The fourth-order valence-corrected chi connectivity index (χ4v) is 0.722. The average Bonchev–Trinajstić information content (AvgIpc) is 1.65. The van der Waals surface area contributed by atoms with E-state index in [4.69, 9.17) is 0 Å². The minimum absolute atomic E-state index is 0.780. The molecule has 0 fully saturated rings. The van der Waals surface area contributed by atoms with E-state index in [9.17, 15) is 0 Å². The Balaban J connectivity index is 3.25. The van der Waals surface area contributed by atoms with Crippen LogP contribution in [0.5, 0.6) is 0 Å². The SMILES string of the molecule is C=C(CC)CC(C)C. The van der Waals surface area contributed by atoms with Gasteiger partial charge in [-0.05, 0) is 18.8 Å². The standard InChI is InChI=1S/C8H16/c1-5-8(4)6-7(2)3/h7H,4-6H2,1-3H3. The first-order valence-corrected chi connectivity index (χ1v) is 3.33. The van der Waals surface area contributed by atoms with Gasteiger partial charge in [0, 0.05) is 0 Å². The maximum Gasteiger partial charge on any atom is -0.0300 e. The van der Waals surface area contributed by atoms with Crippen LogP contribution in [0.4, 0.5) is 0 Å². The van der Waals surface area contributed by atoms with Crippen LogP contribution in [0.25, 0.3) is 0 Å². The zero-order valence-corrected chi connectivity index (χ0v) is 6.20. The largest absolute Gasteiger partial charge is 0.0999 e. The number of hydrogen-bond donors (Lipinski definition) is 0. The lowest BCUT2D eigenvalue weighted by Gasteiger charge is -2.03. The molecule has 0 unspecified atom stereocenters. The highest BCUT2D eigenvalue weighted by atomic mass is 14.0. The molecule has 0 heterocycles. The maximum absolute atomic E-state index is 3.91. The minimum Gasteiger partial charge on any atom is -0.0999 e. The Morgan fingerprint density at radius 3 is 2.12 bits per heavy atom. The summed E-state index contributed by atoms with van der Waals surface area (Å²) in [6.45, 7) is 10.5. The average molecular weight is 112 g/mol. The molecule has 0 amide bonds. The van der Waals surface area contributed by atoms with E-state index < -0.39 is 0 Å². The summed E-state index contributed by atoms with van der Waals surface area (Å²) in [6.07, 6.45) is 2.33. The Morgan fingerprint density at radius 2 is 2.00 bits per heavy atom. The third kappa shape index (κ3) is 3.91. The molecule has 0 rings (SSSR count). The van der Waals surface area contributed by atoms with Crippen LogP contribution >= 0.6 is 0 Å². The third-order valence-electron chi connectivity index (χ3n) is 1.20. The normalized spacial score (nSPS) is 10.0. The lowest BCUT2D eigenvalue weighted by Crippen LogP contribution is -1.87. The van der Waals surface area contributed by atoms with E-state index in [1.165, 1.54) is 12.0 Å². The molecule has 0 bridgehead atoms. The highest BCUT2D eigenvalue weighted by Crippen LogP contribution is 2.10. The first-order chi connectivity index (χ1) is 3.66. The Bertz CT molecular complexity index is 70.1. The van der Waals surface area contributed by atoms with Gasteiger partial charge < -0.3 is 0 Å². The van der Waals surface area contributed by atoms with Gasteiger partial charge >= 0.3 is 0 Å². The van der Waals surface area contributed by atoms with E-state index in [-0.39, 0.29) is 0 Å². The molecule has 0 saturated carbocycles. The summed E-state index contributed by atoms with van der Waals surface area (Å²) in [7, 11) is 0. The van der Waals surface area contributed by atoms with E-state index in [0.29, 0.717) is 0 Å². The van der Waals surface area contributed by atoms with Crippen molar-refractivity contribution in [3.05, 3.63) is 12.2 Å². The third-order valence-corrected chi connectivity index (χ3v) is 1.20. The fourth-order valence-electron chi connectivity index (χ4n) is 0.722. The molecule has 0 nitrogen and oxygen atoms in total. The first kappa shape index (κ1) is 7.74. The Morgan fingerprint density at radius 1 is 1.50 bits per heavy atom. The molecule has 8 heavy (non-hydrogen) atoms. The first-order valence-electron chi connectivity index (χ1n) is 3.33. The molecule has 0 radical (unpaired) electrons. The van der Waals surface area contributed by atoms with E-state index >= 15 is 0 Å². The van der Waals surface area contributed by atoms with Crippen LogP contribution in [0.1, 0.15) is 33.6 Å². The topological polar surface area (TPSA) is 0 Å². The summed E-state index contributed by atoms with van der Waals surface area (Å²) < 4.78 is 0. The van der Waals surface area contributed by atoms with Crippen LogP contribution in [0, 0.1) is 5.92 Å². The van der Waals surface area contributed by atoms with Crippen molar-refractivity contribution in [1.82, 2.24) is 0 Å². The van der Waals surface area contributed by atoms with Gasteiger partial charge in [-0.15, -0.1) is 0 Å². The molecular weight excluding hydrogens is 96.1 g/mol. The predicted molar refractivity (Wildman–Crippen MR) is 38.9 cm³/mol. The van der Waals surface area contributed by atoms with Crippen LogP contribution < -0.4 is 0 Å². The lowest BCUT2D eigenvalue weighted by molar-refractivity contribution is 0.632. The fraction of sp³-hybridized carbons (Fsp3) is 0.750. The minimum atomic E-state index is 0.780. The van der Waals surface area contributed by atoms with Crippen LogP contribution in [0.15, 0.2) is 12.2 Å². The van der Waals surface area contributed by atoms with Crippen LogP contribution in [-0.4, -0.2) is 0 Å². The van der Waals surface area contributed by atoms with Crippen LogP contribution in [0.2, 0.25) is 0 Å². The molecule has 0 heteroatoms. The van der Waals surface area contributed by atoms with Crippen molar-refractivity contribution < 1.29 is 0 Å². The quantitative estimate of drug-likeness (QED) is 0.492. The van der Waals surface area contributed by atoms with Gasteiger partial charge in [-0.25, -0.2) is 0 Å². The van der Waals surface area contributed by atoms with Crippen LogP contribution in [0.3, 0.4) is 0 Å². The molecule has 48 valence electrons. The maximum atomic E-state index is 3.91. The highest BCUT2D eigenvalue weighted by Gasteiger charge is 1.93. The molecule has 0 aromatic carbocycles. The van der Waals surface area contributed by atoms with Gasteiger partial charge in [0.2, 0.25) is 0 Å². The summed E-state index contributed by atoms with van der Waals surface area (Å²) >= 11 is 0. The molecular formula is C8H16. The smallest absolute Gasteiger partial charge is 0.0300 e. The predicted octanol–water partition coefficient (Wildman–Crippen LogP) is 3.00. The van der Waals surface area contributed by atoms with E-state index in [1.807, 2.05) is 0 Å². The Labute approximate surface area is 52.6 Å². The molecule has 0 aliphatic heterocycles. The van der Waals surface area contributed by atoms with Crippen molar-refractivity contribution in [1.29, 1.82) is 0 Å². The highest BCUT2D eigenvalue weighted by molar-refractivity contribution is 4.92. The summed E-state index contributed by atoms with van der Waals surface area (Å²) in [4.78, 5) is 0. The van der Waals surface area contributed by atoms with Gasteiger partial charge in [0.25, 0.3) is 0 Å². The molecule has 0 atom stereocenters. The van der Waals surface area contributed by atoms with Crippen molar-refractivity contribution in [2.24, 2.45) is 5.92 Å². The van der Waals surface area contributed by atoms with E-state index in [0.717, 1.165) is 12.3 Å². The van der Waals surface area contributed by atoms with Crippen LogP contribution in [-0.2, 0) is 0 Å². The van der Waals surface area contributed by atoms with E-state index in [1.54, 1.807) is 0 Å². The van der Waals surface area contributed by atoms with Gasteiger partial charge in [-0.3, -0.25) is 0 Å². The molecule has 0 aliphatic carbocycles. The van der Waals surface area contributed by atoms with Crippen molar-refractivity contribution >= 4 is 0 Å². The molecule has 0 N–H and O–H groups in total. The van der Waals surface area contributed by atoms with Gasteiger partial charge in [0.05, 0.1) is 0 Å².